The molecule has 0 aliphatic heterocycles. The number of halogens is 1. The molecule has 0 bridgehead atoms. The van der Waals surface area contributed by atoms with Crippen LogP contribution in [-0.2, 0) is 13.5 Å². The minimum atomic E-state index is -0.0113. The van der Waals surface area contributed by atoms with E-state index in [2.05, 4.69) is 4.98 Å². The van der Waals surface area contributed by atoms with E-state index in [1.165, 1.54) is 11.3 Å². The van der Waals surface area contributed by atoms with Crippen molar-refractivity contribution in [3.8, 4) is 0 Å². The van der Waals surface area contributed by atoms with Gasteiger partial charge in [0, 0.05) is 25.9 Å². The van der Waals surface area contributed by atoms with Crippen molar-refractivity contribution < 1.29 is 4.79 Å². The Bertz CT molecular complexity index is 489. The molecule has 15 heavy (non-hydrogen) atoms. The summed E-state index contributed by atoms with van der Waals surface area (Å²) in [4.78, 5) is 15.8. The fourth-order valence-corrected chi connectivity index (χ4v) is 2.26. The van der Waals surface area contributed by atoms with E-state index in [-0.39, 0.29) is 5.78 Å². The predicted molar refractivity (Wildman–Crippen MR) is 60.6 cm³/mol. The molecule has 0 saturated heterocycles. The Morgan fingerprint density at radius 2 is 2.47 bits per heavy atom. The van der Waals surface area contributed by atoms with E-state index in [1.54, 1.807) is 24.0 Å². The van der Waals surface area contributed by atoms with Gasteiger partial charge in [-0.05, 0) is 17.0 Å². The van der Waals surface area contributed by atoms with Crippen molar-refractivity contribution in [3.63, 3.8) is 0 Å². The minimum absolute atomic E-state index is 0.0113. The second-order valence-electron chi connectivity index (χ2n) is 3.18. The Hall–Kier alpha value is -1.13. The first-order valence-corrected chi connectivity index (χ1v) is 5.66. The van der Waals surface area contributed by atoms with Crippen molar-refractivity contribution in [1.82, 2.24) is 9.55 Å². The first kappa shape index (κ1) is 10.4. The fraction of sp³-hybridized carbons (Fsp3) is 0.200. The third-order valence-electron chi connectivity index (χ3n) is 2.11. The average molecular weight is 241 g/mol. The number of Topliss-reactive ketones (excluding diaryl/α,β-unsaturated/α-hetero) is 1. The van der Waals surface area contributed by atoms with Crippen LogP contribution in [0.5, 0.6) is 0 Å². The molecule has 78 valence electrons. The highest BCUT2D eigenvalue weighted by atomic mass is 35.5. The smallest absolute Gasteiger partial charge is 0.202 e. The van der Waals surface area contributed by atoms with Gasteiger partial charge in [-0.3, -0.25) is 4.79 Å². The molecule has 2 heterocycles. The molecule has 0 unspecified atom stereocenters. The lowest BCUT2D eigenvalue weighted by atomic mass is 10.1. The summed E-state index contributed by atoms with van der Waals surface area (Å²) < 4.78 is 2.39. The van der Waals surface area contributed by atoms with Crippen LogP contribution in [0.1, 0.15) is 16.2 Å². The third kappa shape index (κ3) is 2.11. The number of carbonyl (C=O) groups excluding carboxylic acids is 1. The Morgan fingerprint density at radius 3 is 3.00 bits per heavy atom. The van der Waals surface area contributed by atoms with Gasteiger partial charge in [0.2, 0.25) is 5.78 Å². The van der Waals surface area contributed by atoms with Crippen LogP contribution in [0.25, 0.3) is 0 Å². The molecule has 3 nitrogen and oxygen atoms in total. The molecule has 0 atom stereocenters. The highest BCUT2D eigenvalue weighted by molar-refractivity contribution is 7.14. The first-order valence-electron chi connectivity index (χ1n) is 4.41. The van der Waals surface area contributed by atoms with Gasteiger partial charge in [0.1, 0.15) is 0 Å². The van der Waals surface area contributed by atoms with Crippen molar-refractivity contribution in [1.29, 1.82) is 0 Å². The maximum atomic E-state index is 11.8. The number of rotatable bonds is 3. The predicted octanol–water partition coefficient (Wildman–Crippen LogP) is 2.56. The second-order valence-corrected chi connectivity index (χ2v) is 4.70. The van der Waals surface area contributed by atoms with Gasteiger partial charge in [0.15, 0.2) is 5.82 Å². The molecule has 0 spiro atoms. The summed E-state index contributed by atoms with van der Waals surface area (Å²) >= 11 is 7.36. The zero-order valence-corrected chi connectivity index (χ0v) is 9.68. The fourth-order valence-electron chi connectivity index (χ4n) is 1.33. The standard InChI is InChI=1S/C10H9ClN2OS/c1-13-4-3-12-10(13)8(14)6-7-2-5-15-9(7)11/h2-5H,6H2,1H3. The van der Waals surface area contributed by atoms with E-state index in [4.69, 9.17) is 11.6 Å². The molecular weight excluding hydrogens is 232 g/mol. The monoisotopic (exact) mass is 240 g/mol. The molecule has 0 N–H and O–H groups in total. The van der Waals surface area contributed by atoms with Crippen LogP contribution < -0.4 is 0 Å². The normalized spacial score (nSPS) is 10.5. The zero-order chi connectivity index (χ0) is 10.8. The van der Waals surface area contributed by atoms with Gasteiger partial charge in [-0.15, -0.1) is 11.3 Å². The number of thiophene rings is 1. The Kier molecular flexibility index (Phi) is 2.88. The van der Waals surface area contributed by atoms with Crippen molar-refractivity contribution in [2.75, 3.05) is 0 Å². The van der Waals surface area contributed by atoms with Crippen LogP contribution in [0.3, 0.4) is 0 Å². The molecule has 5 heteroatoms. The third-order valence-corrected chi connectivity index (χ3v) is 3.37. The van der Waals surface area contributed by atoms with E-state index in [9.17, 15) is 4.79 Å². The topological polar surface area (TPSA) is 34.9 Å². The number of aromatic nitrogens is 2. The number of hydrogen-bond acceptors (Lipinski definition) is 3. The SMILES string of the molecule is Cn1ccnc1C(=O)Cc1ccsc1Cl. The maximum Gasteiger partial charge on any atom is 0.202 e. The highest BCUT2D eigenvalue weighted by Crippen LogP contribution is 2.23. The number of ketones is 1. The molecule has 2 aromatic heterocycles. The lowest BCUT2D eigenvalue weighted by molar-refractivity contribution is 0.0980. The zero-order valence-electron chi connectivity index (χ0n) is 8.11. The van der Waals surface area contributed by atoms with Gasteiger partial charge in [0.25, 0.3) is 0 Å². The summed E-state index contributed by atoms with van der Waals surface area (Å²) in [7, 11) is 1.80. The molecule has 2 aromatic rings. The Labute approximate surface area is 96.3 Å². The number of nitrogens with zero attached hydrogens (tertiary/aromatic N) is 2. The summed E-state index contributed by atoms with van der Waals surface area (Å²) in [6, 6.07) is 1.87. The van der Waals surface area contributed by atoms with Crippen molar-refractivity contribution in [2.45, 2.75) is 6.42 Å². The van der Waals surface area contributed by atoms with Crippen molar-refractivity contribution in [3.05, 3.63) is 39.6 Å². The van der Waals surface area contributed by atoms with Crippen LogP contribution in [0, 0.1) is 0 Å². The first-order chi connectivity index (χ1) is 7.18. The highest BCUT2D eigenvalue weighted by Gasteiger charge is 2.13. The van der Waals surface area contributed by atoms with Gasteiger partial charge in [-0.1, -0.05) is 11.6 Å². The second kappa shape index (κ2) is 4.16. The number of carbonyl (C=O) groups is 1. The van der Waals surface area contributed by atoms with Crippen molar-refractivity contribution >= 4 is 28.7 Å². The van der Waals surface area contributed by atoms with Crippen LogP contribution in [0.2, 0.25) is 4.34 Å². The lowest BCUT2D eigenvalue weighted by Gasteiger charge is -1.99. The largest absolute Gasteiger partial charge is 0.332 e. The van der Waals surface area contributed by atoms with Crippen LogP contribution in [0.4, 0.5) is 0 Å². The maximum absolute atomic E-state index is 11.8. The number of aryl methyl sites for hydroxylation is 1. The van der Waals surface area contributed by atoms with E-state index < -0.39 is 0 Å². The Morgan fingerprint density at radius 1 is 1.67 bits per heavy atom. The number of imidazole rings is 1. The molecule has 0 saturated carbocycles. The lowest BCUT2D eigenvalue weighted by Crippen LogP contribution is -2.09. The van der Waals surface area contributed by atoms with Crippen LogP contribution in [0.15, 0.2) is 23.8 Å². The van der Waals surface area contributed by atoms with Gasteiger partial charge in [-0.2, -0.15) is 0 Å². The van der Waals surface area contributed by atoms with Gasteiger partial charge < -0.3 is 4.57 Å². The quantitative estimate of drug-likeness (QED) is 0.773. The number of hydrogen-bond donors (Lipinski definition) is 0. The van der Waals surface area contributed by atoms with Gasteiger partial charge in [0.05, 0.1) is 4.34 Å². The van der Waals surface area contributed by atoms with Crippen LogP contribution >= 0.6 is 22.9 Å². The molecule has 2 rings (SSSR count). The van der Waals surface area contributed by atoms with Gasteiger partial charge >= 0.3 is 0 Å². The molecule has 0 radical (unpaired) electrons. The van der Waals surface area contributed by atoms with Crippen molar-refractivity contribution in [2.24, 2.45) is 7.05 Å². The molecule has 0 amide bonds. The summed E-state index contributed by atoms with van der Waals surface area (Å²) in [6.07, 6.45) is 3.68. The summed E-state index contributed by atoms with van der Waals surface area (Å²) in [5, 5.41) is 1.88. The summed E-state index contributed by atoms with van der Waals surface area (Å²) in [5.41, 5.74) is 0.870. The summed E-state index contributed by atoms with van der Waals surface area (Å²) in [5.74, 6) is 0.458. The molecule has 0 aromatic carbocycles. The Balaban J connectivity index is 2.18. The summed E-state index contributed by atoms with van der Waals surface area (Å²) in [6.45, 7) is 0. The van der Waals surface area contributed by atoms with E-state index in [0.717, 1.165) is 5.56 Å². The van der Waals surface area contributed by atoms with Crippen LogP contribution in [-0.4, -0.2) is 15.3 Å². The molecule has 0 aliphatic carbocycles. The molecule has 0 aliphatic rings. The molecular formula is C10H9ClN2OS. The van der Waals surface area contributed by atoms with Gasteiger partial charge in [-0.25, -0.2) is 4.98 Å². The molecule has 0 fully saturated rings. The minimum Gasteiger partial charge on any atom is -0.332 e. The van der Waals surface area contributed by atoms with E-state index in [0.29, 0.717) is 16.6 Å². The van der Waals surface area contributed by atoms with E-state index >= 15 is 0 Å². The average Bonchev–Trinajstić information content (AvgIpc) is 2.76. The van der Waals surface area contributed by atoms with E-state index in [1.807, 2.05) is 11.4 Å².